The van der Waals surface area contributed by atoms with Gasteiger partial charge in [0.25, 0.3) is 5.56 Å². The summed E-state index contributed by atoms with van der Waals surface area (Å²) < 4.78 is 0.748. The number of thioether (sulfide) groups is 1. The molecule has 0 bridgehead atoms. The van der Waals surface area contributed by atoms with Gasteiger partial charge in [-0.05, 0) is 18.6 Å². The summed E-state index contributed by atoms with van der Waals surface area (Å²) in [5, 5.41) is 20.6. The highest BCUT2D eigenvalue weighted by atomic mass is 32.2. The Morgan fingerprint density at radius 2 is 1.96 bits per heavy atom. The Morgan fingerprint density at radius 1 is 1.25 bits per heavy atom. The van der Waals surface area contributed by atoms with E-state index in [2.05, 4.69) is 15.5 Å². The van der Waals surface area contributed by atoms with Gasteiger partial charge in [-0.2, -0.15) is 4.68 Å². The van der Waals surface area contributed by atoms with Crippen LogP contribution in [0.5, 0.6) is 0 Å². The molecule has 0 aliphatic rings. The minimum absolute atomic E-state index is 0.0153. The van der Waals surface area contributed by atoms with Crippen molar-refractivity contribution >= 4 is 29.3 Å². The Balaban J connectivity index is 1.97. The molecule has 2 rings (SSSR count). The van der Waals surface area contributed by atoms with Crippen molar-refractivity contribution in [3.63, 3.8) is 0 Å². The third-order valence-electron chi connectivity index (χ3n) is 2.88. The first kappa shape index (κ1) is 17.5. The highest BCUT2D eigenvalue weighted by molar-refractivity contribution is 7.99. The monoisotopic (exact) mass is 348 g/mol. The lowest BCUT2D eigenvalue weighted by Gasteiger charge is -2.08. The Labute approximate surface area is 140 Å². The third-order valence-corrected chi connectivity index (χ3v) is 3.83. The first-order chi connectivity index (χ1) is 11.5. The lowest BCUT2D eigenvalue weighted by atomic mass is 10.2. The van der Waals surface area contributed by atoms with E-state index in [1.165, 1.54) is 0 Å². The van der Waals surface area contributed by atoms with E-state index in [-0.39, 0.29) is 35.4 Å². The Morgan fingerprint density at radius 3 is 2.62 bits per heavy atom. The molecule has 24 heavy (non-hydrogen) atoms. The summed E-state index contributed by atoms with van der Waals surface area (Å²) in [7, 11) is 0. The number of anilines is 1. The zero-order valence-electron chi connectivity index (χ0n) is 12.5. The van der Waals surface area contributed by atoms with Gasteiger partial charge in [0, 0.05) is 18.1 Å². The summed E-state index contributed by atoms with van der Waals surface area (Å²) in [6.07, 6.45) is -0.472. The maximum absolute atomic E-state index is 11.9. The van der Waals surface area contributed by atoms with Crippen LogP contribution in [0.2, 0.25) is 0 Å². The zero-order valence-corrected chi connectivity index (χ0v) is 13.3. The fourth-order valence-corrected chi connectivity index (χ4v) is 2.40. The summed E-state index contributed by atoms with van der Waals surface area (Å²) >= 11 is 0.945. The lowest BCUT2D eigenvalue weighted by Crippen LogP contribution is -2.34. The molecule has 0 unspecified atom stereocenters. The number of benzene rings is 1. The number of nitrogens with two attached hydrogens (primary N) is 1. The minimum atomic E-state index is -1.30. The van der Waals surface area contributed by atoms with Crippen molar-refractivity contribution < 1.29 is 14.7 Å². The van der Waals surface area contributed by atoms with Crippen LogP contribution >= 0.6 is 11.8 Å². The molecule has 10 heteroatoms. The van der Waals surface area contributed by atoms with Crippen LogP contribution in [0.3, 0.4) is 0 Å². The van der Waals surface area contributed by atoms with Crippen LogP contribution in [-0.4, -0.2) is 32.5 Å². The molecule has 9 nitrogen and oxygen atoms in total. The van der Waals surface area contributed by atoms with Gasteiger partial charge in [-0.1, -0.05) is 30.0 Å². The molecule has 1 amide bonds. The first-order valence-corrected chi connectivity index (χ1v) is 7.87. The second-order valence-electron chi connectivity index (χ2n) is 4.68. The summed E-state index contributed by atoms with van der Waals surface area (Å²) in [4.78, 5) is 34.2. The quantitative estimate of drug-likeness (QED) is 0.467. The van der Waals surface area contributed by atoms with Crippen molar-refractivity contribution in [1.82, 2.24) is 14.9 Å². The highest BCUT2D eigenvalue weighted by Crippen LogP contribution is 2.13. The average molecular weight is 348 g/mol. The SMILES string of the molecule is Nn1c(SCC(=O)Nc2ccccc2)nnc(CCC(=O)[O-])c1=O. The topological polar surface area (TPSA) is 143 Å². The molecule has 126 valence electrons. The summed E-state index contributed by atoms with van der Waals surface area (Å²) in [6, 6.07) is 8.89. The second-order valence-corrected chi connectivity index (χ2v) is 5.62. The van der Waals surface area contributed by atoms with Gasteiger partial charge in [-0.25, -0.2) is 0 Å². The molecule has 0 aliphatic heterocycles. The maximum atomic E-state index is 11.9. The van der Waals surface area contributed by atoms with Crippen LogP contribution in [0.4, 0.5) is 5.69 Å². The Hall–Kier alpha value is -2.88. The predicted molar refractivity (Wildman–Crippen MR) is 85.6 cm³/mol. The molecular formula is C14H14N5O4S-. The van der Waals surface area contributed by atoms with E-state index in [1.54, 1.807) is 24.3 Å². The molecule has 0 atom stereocenters. The largest absolute Gasteiger partial charge is 0.550 e. The molecule has 0 saturated carbocycles. The van der Waals surface area contributed by atoms with E-state index in [4.69, 9.17) is 5.84 Å². The van der Waals surface area contributed by atoms with Crippen molar-refractivity contribution in [3.8, 4) is 0 Å². The summed E-state index contributed by atoms with van der Waals surface area (Å²) in [5.41, 5.74) is -0.0750. The number of nitrogen functional groups attached to an aromatic ring is 1. The Kier molecular flexibility index (Phi) is 5.90. The number of amides is 1. The number of rotatable bonds is 7. The number of hydrogen-bond donors (Lipinski definition) is 2. The number of aromatic nitrogens is 3. The number of carbonyl (C=O) groups excluding carboxylic acids is 2. The molecule has 2 aromatic rings. The van der Waals surface area contributed by atoms with Crippen molar-refractivity contribution in [2.24, 2.45) is 0 Å². The fraction of sp³-hybridized carbons (Fsp3) is 0.214. The fourth-order valence-electron chi connectivity index (χ4n) is 1.74. The van der Waals surface area contributed by atoms with E-state index >= 15 is 0 Å². The maximum Gasteiger partial charge on any atom is 0.294 e. The second kappa shape index (κ2) is 8.11. The van der Waals surface area contributed by atoms with Gasteiger partial charge >= 0.3 is 0 Å². The van der Waals surface area contributed by atoms with E-state index in [0.717, 1.165) is 16.4 Å². The summed E-state index contributed by atoms with van der Waals surface area (Å²) in [5.74, 6) is 4.01. The first-order valence-electron chi connectivity index (χ1n) is 6.88. The van der Waals surface area contributed by atoms with Gasteiger partial charge in [0.1, 0.15) is 5.69 Å². The van der Waals surface area contributed by atoms with Gasteiger partial charge in [-0.15, -0.1) is 10.2 Å². The van der Waals surface area contributed by atoms with Crippen molar-refractivity contribution in [2.75, 3.05) is 16.9 Å². The van der Waals surface area contributed by atoms with E-state index < -0.39 is 11.5 Å². The van der Waals surface area contributed by atoms with Crippen LogP contribution in [0.1, 0.15) is 12.1 Å². The highest BCUT2D eigenvalue weighted by Gasteiger charge is 2.12. The average Bonchev–Trinajstić information content (AvgIpc) is 2.56. The summed E-state index contributed by atoms with van der Waals surface area (Å²) in [6.45, 7) is 0. The van der Waals surface area contributed by atoms with Gasteiger partial charge in [0.2, 0.25) is 11.1 Å². The van der Waals surface area contributed by atoms with Crippen LogP contribution in [-0.2, 0) is 16.0 Å². The van der Waals surface area contributed by atoms with Gasteiger partial charge in [0.15, 0.2) is 0 Å². The molecule has 1 aromatic carbocycles. The number of nitrogens with zero attached hydrogens (tertiary/aromatic N) is 3. The standard InChI is InChI=1S/C14H15N5O4S/c15-19-13(23)10(6-7-12(21)22)17-18-14(19)24-8-11(20)16-9-4-2-1-3-5-9/h1-5H,6-8,15H2,(H,16,20)(H,21,22)/p-1. The van der Waals surface area contributed by atoms with Crippen LogP contribution in [0.25, 0.3) is 0 Å². The number of nitrogens with one attached hydrogen (secondary N) is 1. The normalized spacial score (nSPS) is 10.3. The van der Waals surface area contributed by atoms with E-state index in [9.17, 15) is 19.5 Å². The third kappa shape index (κ3) is 4.81. The molecule has 3 N–H and O–H groups in total. The van der Waals surface area contributed by atoms with Crippen LogP contribution in [0, 0.1) is 0 Å². The van der Waals surface area contributed by atoms with E-state index in [1.807, 2.05) is 6.07 Å². The van der Waals surface area contributed by atoms with E-state index in [0.29, 0.717) is 5.69 Å². The molecule has 1 heterocycles. The number of carboxylic acids is 1. The lowest BCUT2D eigenvalue weighted by molar-refractivity contribution is -0.305. The number of aliphatic carboxylic acids is 1. The van der Waals surface area contributed by atoms with Crippen molar-refractivity contribution in [2.45, 2.75) is 18.0 Å². The molecule has 0 spiro atoms. The smallest absolute Gasteiger partial charge is 0.294 e. The van der Waals surface area contributed by atoms with Crippen LogP contribution in [0.15, 0.2) is 40.3 Å². The van der Waals surface area contributed by atoms with Crippen LogP contribution < -0.4 is 21.8 Å². The van der Waals surface area contributed by atoms with Gasteiger partial charge < -0.3 is 21.1 Å². The van der Waals surface area contributed by atoms with Gasteiger partial charge in [0.05, 0.1) is 5.75 Å². The number of aryl methyl sites for hydroxylation is 1. The predicted octanol–water partition coefficient (Wildman–Crippen LogP) is -1.23. The molecule has 1 aromatic heterocycles. The molecule has 0 saturated heterocycles. The Bertz CT molecular complexity index is 793. The number of para-hydroxylation sites is 1. The number of carboxylic acid groups (broad SMARTS) is 1. The van der Waals surface area contributed by atoms with Gasteiger partial charge in [-0.3, -0.25) is 9.59 Å². The molecule has 0 radical (unpaired) electrons. The minimum Gasteiger partial charge on any atom is -0.550 e. The molecule has 0 aliphatic carbocycles. The van der Waals surface area contributed by atoms with Crippen molar-refractivity contribution in [3.05, 3.63) is 46.4 Å². The molecule has 0 fully saturated rings. The number of hydrogen-bond acceptors (Lipinski definition) is 8. The number of carbonyl (C=O) groups is 2. The van der Waals surface area contributed by atoms with Crippen molar-refractivity contribution in [1.29, 1.82) is 0 Å². The zero-order chi connectivity index (χ0) is 17.5. The molecular weight excluding hydrogens is 334 g/mol.